The standard InChI is InChI=1S/C10H13N3/c1-13(2)8-9-4-3-7-12-10(9)5-6-11/h3,7-8H,4-5H2,1-2H3. The van der Waals surface area contributed by atoms with Crippen LogP contribution in [0.5, 0.6) is 0 Å². The average Bonchev–Trinajstić information content (AvgIpc) is 2.08. The second-order valence-corrected chi connectivity index (χ2v) is 3.12. The minimum atomic E-state index is 0.393. The third-order valence-electron chi connectivity index (χ3n) is 1.70. The molecular weight excluding hydrogens is 162 g/mol. The molecule has 3 nitrogen and oxygen atoms in total. The summed E-state index contributed by atoms with van der Waals surface area (Å²) in [6.07, 6.45) is 7.04. The molecule has 0 bridgehead atoms. The van der Waals surface area contributed by atoms with Crippen molar-refractivity contribution in [3.8, 4) is 6.07 Å². The van der Waals surface area contributed by atoms with Gasteiger partial charge in [-0.3, -0.25) is 4.99 Å². The molecule has 0 spiro atoms. The van der Waals surface area contributed by atoms with Crippen LogP contribution < -0.4 is 0 Å². The van der Waals surface area contributed by atoms with E-state index in [9.17, 15) is 0 Å². The summed E-state index contributed by atoms with van der Waals surface area (Å²) in [6.45, 7) is 0. The van der Waals surface area contributed by atoms with Gasteiger partial charge in [0.15, 0.2) is 0 Å². The molecule has 1 aliphatic heterocycles. The molecule has 68 valence electrons. The Morgan fingerprint density at radius 1 is 1.69 bits per heavy atom. The van der Waals surface area contributed by atoms with Crippen LogP contribution in [0.15, 0.2) is 29.0 Å². The largest absolute Gasteiger partial charge is 0.383 e. The molecule has 0 aromatic rings. The number of allylic oxidation sites excluding steroid dienone is 2. The third-order valence-corrected chi connectivity index (χ3v) is 1.70. The zero-order valence-electron chi connectivity index (χ0n) is 7.99. The van der Waals surface area contributed by atoms with Crippen LogP contribution in [0.4, 0.5) is 0 Å². The van der Waals surface area contributed by atoms with Crippen LogP contribution in [0.3, 0.4) is 0 Å². The lowest BCUT2D eigenvalue weighted by atomic mass is 10.0. The maximum atomic E-state index is 8.57. The van der Waals surface area contributed by atoms with E-state index in [0.717, 1.165) is 17.7 Å². The summed E-state index contributed by atoms with van der Waals surface area (Å²) < 4.78 is 0. The Balaban J connectivity index is 2.82. The second kappa shape index (κ2) is 4.46. The first-order valence-electron chi connectivity index (χ1n) is 4.20. The van der Waals surface area contributed by atoms with Crippen molar-refractivity contribution in [3.63, 3.8) is 0 Å². The molecule has 0 saturated heterocycles. The summed E-state index contributed by atoms with van der Waals surface area (Å²) in [4.78, 5) is 6.15. The Kier molecular flexibility index (Phi) is 3.27. The average molecular weight is 175 g/mol. The molecule has 0 atom stereocenters. The summed E-state index contributed by atoms with van der Waals surface area (Å²) in [7, 11) is 3.94. The van der Waals surface area contributed by atoms with E-state index in [0.29, 0.717) is 6.42 Å². The van der Waals surface area contributed by atoms with E-state index in [4.69, 9.17) is 5.26 Å². The molecule has 0 radical (unpaired) electrons. The molecule has 13 heavy (non-hydrogen) atoms. The lowest BCUT2D eigenvalue weighted by Gasteiger charge is -2.13. The van der Waals surface area contributed by atoms with E-state index < -0.39 is 0 Å². The van der Waals surface area contributed by atoms with Crippen LogP contribution in [-0.4, -0.2) is 24.7 Å². The number of hydrogen-bond acceptors (Lipinski definition) is 3. The molecular formula is C10H13N3. The minimum Gasteiger partial charge on any atom is -0.383 e. The van der Waals surface area contributed by atoms with Gasteiger partial charge in [0.05, 0.1) is 18.2 Å². The zero-order chi connectivity index (χ0) is 9.68. The lowest BCUT2D eigenvalue weighted by Crippen LogP contribution is -2.10. The van der Waals surface area contributed by atoms with Gasteiger partial charge in [-0.25, -0.2) is 0 Å². The fourth-order valence-corrected chi connectivity index (χ4v) is 1.20. The van der Waals surface area contributed by atoms with Crippen molar-refractivity contribution in [2.75, 3.05) is 14.1 Å². The van der Waals surface area contributed by atoms with E-state index >= 15 is 0 Å². The van der Waals surface area contributed by atoms with Gasteiger partial charge in [0.25, 0.3) is 0 Å². The molecule has 0 amide bonds. The SMILES string of the molecule is CN(C)C=C1CC=CN=C1CC#N. The molecule has 0 unspecified atom stereocenters. The van der Waals surface area contributed by atoms with Gasteiger partial charge in [0.2, 0.25) is 0 Å². The van der Waals surface area contributed by atoms with E-state index in [2.05, 4.69) is 11.1 Å². The lowest BCUT2D eigenvalue weighted by molar-refractivity contribution is 0.559. The van der Waals surface area contributed by atoms with Gasteiger partial charge in [-0.05, 0) is 12.0 Å². The van der Waals surface area contributed by atoms with Gasteiger partial charge in [-0.15, -0.1) is 0 Å². The molecule has 1 rings (SSSR count). The molecule has 0 saturated carbocycles. The summed E-state index contributed by atoms with van der Waals surface area (Å²) in [5, 5.41) is 8.57. The number of hydrogen-bond donors (Lipinski definition) is 0. The first-order valence-corrected chi connectivity index (χ1v) is 4.20. The zero-order valence-corrected chi connectivity index (χ0v) is 7.99. The van der Waals surface area contributed by atoms with Crippen molar-refractivity contribution in [1.29, 1.82) is 5.26 Å². The topological polar surface area (TPSA) is 39.4 Å². The predicted octanol–water partition coefficient (Wildman–Crippen LogP) is 1.70. The molecule has 1 aliphatic rings. The fourth-order valence-electron chi connectivity index (χ4n) is 1.20. The smallest absolute Gasteiger partial charge is 0.0778 e. The number of aliphatic imine (C=N–C) groups is 1. The van der Waals surface area contributed by atoms with E-state index in [1.165, 1.54) is 0 Å². The van der Waals surface area contributed by atoms with Crippen molar-refractivity contribution >= 4 is 5.71 Å². The fraction of sp³-hybridized carbons (Fsp3) is 0.400. The van der Waals surface area contributed by atoms with Gasteiger partial charge in [0.1, 0.15) is 0 Å². The van der Waals surface area contributed by atoms with Gasteiger partial charge in [-0.2, -0.15) is 5.26 Å². The quantitative estimate of drug-likeness (QED) is 0.640. The van der Waals surface area contributed by atoms with E-state index in [1.54, 1.807) is 6.20 Å². The molecule has 3 heteroatoms. The second-order valence-electron chi connectivity index (χ2n) is 3.12. The van der Waals surface area contributed by atoms with Crippen LogP contribution in [0, 0.1) is 11.3 Å². The normalized spacial score (nSPS) is 18.2. The Morgan fingerprint density at radius 2 is 2.46 bits per heavy atom. The Hall–Kier alpha value is -1.56. The summed E-state index contributed by atoms with van der Waals surface area (Å²) >= 11 is 0. The van der Waals surface area contributed by atoms with Gasteiger partial charge in [-0.1, -0.05) is 6.08 Å². The first-order chi connectivity index (χ1) is 6.24. The monoisotopic (exact) mass is 175 g/mol. The van der Waals surface area contributed by atoms with Crippen molar-refractivity contribution in [2.45, 2.75) is 12.8 Å². The van der Waals surface area contributed by atoms with Crippen molar-refractivity contribution in [1.82, 2.24) is 4.90 Å². The van der Waals surface area contributed by atoms with Crippen LogP contribution in [0.1, 0.15) is 12.8 Å². The minimum absolute atomic E-state index is 0.393. The maximum Gasteiger partial charge on any atom is 0.0778 e. The summed E-state index contributed by atoms with van der Waals surface area (Å²) in [6, 6.07) is 2.12. The molecule has 0 aliphatic carbocycles. The third kappa shape index (κ3) is 2.75. The van der Waals surface area contributed by atoms with Gasteiger partial charge in [0, 0.05) is 26.5 Å². The summed E-state index contributed by atoms with van der Waals surface area (Å²) in [5.74, 6) is 0. The van der Waals surface area contributed by atoms with Crippen molar-refractivity contribution < 1.29 is 0 Å². The van der Waals surface area contributed by atoms with Crippen molar-refractivity contribution in [3.05, 3.63) is 24.0 Å². The summed E-state index contributed by atoms with van der Waals surface area (Å²) in [5.41, 5.74) is 2.02. The molecule has 0 aromatic carbocycles. The highest BCUT2D eigenvalue weighted by molar-refractivity contribution is 6.02. The highest BCUT2D eigenvalue weighted by Gasteiger charge is 2.08. The van der Waals surface area contributed by atoms with Crippen molar-refractivity contribution in [2.24, 2.45) is 4.99 Å². The maximum absolute atomic E-state index is 8.57. The van der Waals surface area contributed by atoms with Crippen LogP contribution in [0.25, 0.3) is 0 Å². The van der Waals surface area contributed by atoms with Gasteiger partial charge >= 0.3 is 0 Å². The predicted molar refractivity (Wildman–Crippen MR) is 53.2 cm³/mol. The number of rotatable bonds is 2. The van der Waals surface area contributed by atoms with E-state index in [1.807, 2.05) is 31.3 Å². The van der Waals surface area contributed by atoms with E-state index in [-0.39, 0.29) is 0 Å². The Bertz CT molecular complexity index is 303. The highest BCUT2D eigenvalue weighted by atomic mass is 15.0. The number of nitrogens with zero attached hydrogens (tertiary/aromatic N) is 3. The van der Waals surface area contributed by atoms with Crippen LogP contribution >= 0.6 is 0 Å². The first kappa shape index (κ1) is 9.53. The highest BCUT2D eigenvalue weighted by Crippen LogP contribution is 2.13. The van der Waals surface area contributed by atoms with Crippen LogP contribution in [-0.2, 0) is 0 Å². The molecule has 0 aromatic heterocycles. The Labute approximate surface area is 78.7 Å². The molecule has 0 fully saturated rings. The number of nitriles is 1. The van der Waals surface area contributed by atoms with Crippen LogP contribution in [0.2, 0.25) is 0 Å². The van der Waals surface area contributed by atoms with Gasteiger partial charge < -0.3 is 4.90 Å². The molecule has 1 heterocycles. The Morgan fingerprint density at radius 3 is 3.08 bits per heavy atom. The molecule has 0 N–H and O–H groups in total.